The van der Waals surface area contributed by atoms with Gasteiger partial charge in [0.15, 0.2) is 17.1 Å². The van der Waals surface area contributed by atoms with Crippen LogP contribution in [0, 0.1) is 11.3 Å². The summed E-state index contributed by atoms with van der Waals surface area (Å²) < 4.78 is 71.0. The molecule has 1 unspecified atom stereocenters. The quantitative estimate of drug-likeness (QED) is 0.210. The van der Waals surface area contributed by atoms with Crippen LogP contribution in [0.1, 0.15) is 40.3 Å². The zero-order valence-electron chi connectivity index (χ0n) is 23.1. The molecule has 0 amide bonds. The fourth-order valence-corrected chi connectivity index (χ4v) is 5.51. The number of aromatic nitrogens is 3. The van der Waals surface area contributed by atoms with Crippen LogP contribution in [0.2, 0.25) is 0 Å². The van der Waals surface area contributed by atoms with Crippen molar-refractivity contribution in [2.75, 3.05) is 19.3 Å². The van der Waals surface area contributed by atoms with Crippen molar-refractivity contribution in [3.05, 3.63) is 24.2 Å². The van der Waals surface area contributed by atoms with Crippen LogP contribution in [-0.4, -0.2) is 81.3 Å². The van der Waals surface area contributed by atoms with E-state index in [1.165, 1.54) is 12.1 Å². The SMILES string of the molecule is CC(C)OC(=O)OCOP(=O)(OCOC(=O)OC(C)C)OC1[C@H]2O[C@@](C#N)(c3ccc4c(N)ncnn34)[C@](C)(F)[C@@]12O. The molecule has 0 bridgehead atoms. The first-order chi connectivity index (χ1) is 19.6. The Hall–Kier alpha value is -3.59. The molecule has 1 aliphatic heterocycles. The van der Waals surface area contributed by atoms with E-state index >= 15 is 4.39 Å². The lowest BCUT2D eigenvalue weighted by Crippen LogP contribution is -2.54. The number of nitrogen functional groups attached to an aromatic ring is 1. The van der Waals surface area contributed by atoms with Crippen molar-refractivity contribution in [1.82, 2.24) is 14.6 Å². The Balaban J connectivity index is 1.53. The molecule has 3 N–H and O–H groups in total. The Bertz CT molecular complexity index is 1410. The fraction of sp³-hybridized carbons (Fsp3) is 0.609. The lowest BCUT2D eigenvalue weighted by molar-refractivity contribution is -0.129. The molecular formula is C23H29FN5O12P. The van der Waals surface area contributed by atoms with Gasteiger partial charge in [0, 0.05) is 0 Å². The van der Waals surface area contributed by atoms with Crippen molar-refractivity contribution in [1.29, 1.82) is 5.26 Å². The summed E-state index contributed by atoms with van der Waals surface area (Å²) in [5.41, 5.74) is -1.93. The number of nitriles is 1. The zero-order valence-corrected chi connectivity index (χ0v) is 24.0. The standard InChI is InChI=1S/C23H29FN5O12P/c1-12(2)38-19(30)34-10-36-42(33,37-11-35-20(31)39-13(3)4)41-17-16-23(17,32)21(5,24)22(8-25,40-16)15-7-6-14-18(26)27-9-28-29(14)15/h6-7,9,12-13,16-17,32H,10-11H2,1-5H3,(H2,26,27,28)/t16-,17?,21+,22+,23+/m1/s1. The summed E-state index contributed by atoms with van der Waals surface area (Å²) in [7, 11) is -4.90. The van der Waals surface area contributed by atoms with Crippen LogP contribution in [-0.2, 0) is 47.4 Å². The number of aliphatic hydroxyl groups is 1. The molecule has 2 aromatic rings. The number of anilines is 1. The van der Waals surface area contributed by atoms with Gasteiger partial charge >= 0.3 is 20.1 Å². The predicted molar refractivity (Wildman–Crippen MR) is 134 cm³/mol. The first kappa shape index (κ1) is 31.3. The molecule has 2 aliphatic rings. The van der Waals surface area contributed by atoms with Crippen LogP contribution in [0.5, 0.6) is 0 Å². The van der Waals surface area contributed by atoms with Crippen LogP contribution >= 0.6 is 7.82 Å². The minimum absolute atomic E-state index is 0.0437. The van der Waals surface area contributed by atoms with Crippen LogP contribution < -0.4 is 5.73 Å². The van der Waals surface area contributed by atoms with Gasteiger partial charge in [-0.2, -0.15) is 10.4 Å². The van der Waals surface area contributed by atoms with Gasteiger partial charge in [-0.25, -0.2) is 37.1 Å². The third kappa shape index (κ3) is 5.35. The Morgan fingerprint density at radius 1 is 1.19 bits per heavy atom. The number of ether oxygens (including phenoxy) is 5. The van der Waals surface area contributed by atoms with Crippen molar-refractivity contribution in [2.45, 2.75) is 75.9 Å². The molecule has 1 aliphatic carbocycles. The molecule has 1 saturated heterocycles. The summed E-state index contributed by atoms with van der Waals surface area (Å²) >= 11 is 0. The molecule has 42 heavy (non-hydrogen) atoms. The van der Waals surface area contributed by atoms with Gasteiger partial charge in [0.1, 0.15) is 30.1 Å². The fourth-order valence-electron chi connectivity index (χ4n) is 4.40. The summed E-state index contributed by atoms with van der Waals surface area (Å²) in [5.74, 6) is 0.0437. The molecule has 19 heteroatoms. The Labute approximate surface area is 238 Å². The van der Waals surface area contributed by atoms with Gasteiger partial charge in [-0.05, 0) is 46.8 Å². The third-order valence-corrected chi connectivity index (χ3v) is 7.76. The van der Waals surface area contributed by atoms with Gasteiger partial charge in [-0.15, -0.1) is 0 Å². The van der Waals surface area contributed by atoms with Crippen LogP contribution in [0.4, 0.5) is 19.8 Å². The first-order valence-electron chi connectivity index (χ1n) is 12.4. The highest BCUT2D eigenvalue weighted by atomic mass is 31.2. The van der Waals surface area contributed by atoms with Gasteiger partial charge in [-0.3, -0.25) is 4.52 Å². The normalized spacial score (nSPS) is 28.4. The van der Waals surface area contributed by atoms with Crippen molar-refractivity contribution >= 4 is 31.5 Å². The van der Waals surface area contributed by atoms with Crippen molar-refractivity contribution in [3.8, 4) is 6.07 Å². The van der Waals surface area contributed by atoms with E-state index in [1.807, 2.05) is 0 Å². The number of halogens is 1. The predicted octanol–water partition coefficient (Wildman–Crippen LogP) is 2.47. The number of nitrogens with zero attached hydrogens (tertiary/aromatic N) is 4. The number of nitrogens with two attached hydrogens (primary N) is 1. The number of rotatable bonds is 11. The van der Waals surface area contributed by atoms with E-state index in [1.54, 1.807) is 33.8 Å². The van der Waals surface area contributed by atoms with Crippen molar-refractivity contribution in [2.24, 2.45) is 0 Å². The molecule has 5 atom stereocenters. The van der Waals surface area contributed by atoms with Gasteiger partial charge in [0.25, 0.3) is 0 Å². The van der Waals surface area contributed by atoms with E-state index in [0.717, 1.165) is 17.8 Å². The summed E-state index contributed by atoms with van der Waals surface area (Å²) in [5, 5.41) is 25.5. The minimum Gasteiger partial charge on any atom is -0.432 e. The Morgan fingerprint density at radius 3 is 2.24 bits per heavy atom. The van der Waals surface area contributed by atoms with E-state index < -0.39 is 75.0 Å². The van der Waals surface area contributed by atoms with Crippen LogP contribution in [0.3, 0.4) is 0 Å². The highest BCUT2D eigenvalue weighted by molar-refractivity contribution is 7.48. The number of hydrogen-bond donors (Lipinski definition) is 2. The molecular weight excluding hydrogens is 588 g/mol. The maximum Gasteiger partial charge on any atom is 0.510 e. The molecule has 2 fully saturated rings. The van der Waals surface area contributed by atoms with E-state index in [4.69, 9.17) is 33.5 Å². The number of carbonyl (C=O) groups is 2. The highest BCUT2D eigenvalue weighted by Gasteiger charge is 2.90. The molecule has 0 aromatic carbocycles. The molecule has 2 aromatic heterocycles. The maximum absolute atomic E-state index is 16.6. The summed E-state index contributed by atoms with van der Waals surface area (Å²) in [6.45, 7) is 5.01. The van der Waals surface area contributed by atoms with Crippen molar-refractivity contribution < 1.29 is 60.9 Å². The molecule has 230 valence electrons. The number of phosphoric acid groups is 1. The molecule has 0 radical (unpaired) electrons. The van der Waals surface area contributed by atoms with E-state index in [2.05, 4.69) is 19.6 Å². The average molecular weight is 617 g/mol. The van der Waals surface area contributed by atoms with Crippen molar-refractivity contribution in [3.63, 3.8) is 0 Å². The topological polar surface area (TPSA) is 225 Å². The van der Waals surface area contributed by atoms with Gasteiger partial charge in [0.05, 0.1) is 17.9 Å². The van der Waals surface area contributed by atoms with Crippen LogP contribution in [0.25, 0.3) is 5.52 Å². The van der Waals surface area contributed by atoms with Gasteiger partial charge in [-0.1, -0.05) is 0 Å². The number of carbonyl (C=O) groups excluding carboxylic acids is 2. The van der Waals surface area contributed by atoms with E-state index in [0.29, 0.717) is 0 Å². The summed E-state index contributed by atoms with van der Waals surface area (Å²) in [6.07, 6.45) is -5.66. The second-order valence-corrected chi connectivity index (χ2v) is 11.5. The maximum atomic E-state index is 16.6. The second kappa shape index (κ2) is 11.2. The lowest BCUT2D eigenvalue weighted by atomic mass is 9.80. The number of phosphoric ester groups is 1. The van der Waals surface area contributed by atoms with Gasteiger partial charge < -0.3 is 34.5 Å². The molecule has 3 heterocycles. The van der Waals surface area contributed by atoms with E-state index in [-0.39, 0.29) is 17.0 Å². The Kier molecular flexibility index (Phi) is 8.39. The summed E-state index contributed by atoms with van der Waals surface area (Å²) in [4.78, 5) is 27.2. The first-order valence-corrected chi connectivity index (χ1v) is 13.9. The molecule has 4 rings (SSSR count). The van der Waals surface area contributed by atoms with Crippen LogP contribution in [0.15, 0.2) is 18.5 Å². The number of fused-ring (bicyclic) bond motifs is 2. The second-order valence-electron chi connectivity index (χ2n) is 9.91. The minimum atomic E-state index is -4.90. The lowest BCUT2D eigenvalue weighted by Gasteiger charge is -2.36. The third-order valence-electron chi connectivity index (χ3n) is 6.43. The number of hydrogen-bond acceptors (Lipinski definition) is 16. The molecule has 1 saturated carbocycles. The highest BCUT2D eigenvalue weighted by Crippen LogP contribution is 2.69. The number of alkyl halides is 1. The average Bonchev–Trinajstić information content (AvgIpc) is 3.16. The monoisotopic (exact) mass is 617 g/mol. The summed E-state index contributed by atoms with van der Waals surface area (Å²) in [6, 6.07) is 4.54. The van der Waals surface area contributed by atoms with E-state index in [9.17, 15) is 24.5 Å². The molecule has 0 spiro atoms. The van der Waals surface area contributed by atoms with Gasteiger partial charge in [0.2, 0.25) is 19.2 Å². The zero-order chi connectivity index (χ0) is 31.1. The molecule has 17 nitrogen and oxygen atoms in total. The Morgan fingerprint density at radius 2 is 1.76 bits per heavy atom. The smallest absolute Gasteiger partial charge is 0.432 e. The largest absolute Gasteiger partial charge is 0.510 e.